The van der Waals surface area contributed by atoms with E-state index in [4.69, 9.17) is 4.74 Å². The van der Waals surface area contributed by atoms with Crippen molar-refractivity contribution >= 4 is 0 Å². The minimum Gasteiger partial charge on any atom is -1.00 e. The number of hydrogen-bond acceptors (Lipinski definition) is 1. The second kappa shape index (κ2) is 9.63. The summed E-state index contributed by atoms with van der Waals surface area (Å²) in [5.74, 6) is 0. The molecule has 0 N–H and O–H groups in total. The second-order valence-corrected chi connectivity index (χ2v) is 8.03. The van der Waals surface area contributed by atoms with Crippen LogP contribution in [0.3, 0.4) is 0 Å². The summed E-state index contributed by atoms with van der Waals surface area (Å²) in [5, 5.41) is 0. The molecule has 2 aliphatic carbocycles. The Morgan fingerprint density at radius 2 is 1.91 bits per heavy atom. The first-order valence-corrected chi connectivity index (χ1v) is 8.79. The monoisotopic (exact) mass is 389 g/mol. The molecule has 0 aromatic carbocycles. The zero-order chi connectivity index (χ0) is 15.5. The molecular weight excluding hydrogens is 363 g/mol. The Morgan fingerprint density at radius 1 is 1.22 bits per heavy atom. The van der Waals surface area contributed by atoms with Gasteiger partial charge < -0.3 is 24.8 Å². The van der Waals surface area contributed by atoms with Crippen molar-refractivity contribution in [3.05, 3.63) is 45.4 Å². The molecule has 1 unspecified atom stereocenters. The Kier molecular flexibility index (Phi) is 9.72. The molecule has 0 saturated carbocycles. The van der Waals surface area contributed by atoms with Gasteiger partial charge in [-0.3, -0.25) is 0 Å². The van der Waals surface area contributed by atoms with Gasteiger partial charge in [0.2, 0.25) is 0 Å². The van der Waals surface area contributed by atoms with Crippen molar-refractivity contribution in [1.29, 1.82) is 0 Å². The van der Waals surface area contributed by atoms with Gasteiger partial charge in [-0.1, -0.05) is 0 Å². The maximum absolute atomic E-state index is 6.48. The van der Waals surface area contributed by atoms with Crippen LogP contribution in [0.2, 0.25) is 0 Å². The fraction of sp³-hybridized carbons (Fsp3) is 0.579. The Morgan fingerprint density at radius 3 is 2.43 bits per heavy atom. The summed E-state index contributed by atoms with van der Waals surface area (Å²) >= 11 is 2.25. The molecule has 0 aromatic rings. The molecule has 23 heavy (non-hydrogen) atoms. The van der Waals surface area contributed by atoms with Crippen LogP contribution in [-0.2, 0) is 25.2 Å². The van der Waals surface area contributed by atoms with Crippen LogP contribution < -0.4 is 24.8 Å². The Hall–Kier alpha value is 0.214. The normalized spacial score (nSPS) is 23.5. The first-order valence-electron chi connectivity index (χ1n) is 8.01. The average molecular weight is 390 g/mol. The molecule has 0 aliphatic heterocycles. The number of ether oxygens (including phenoxy) is 1. The van der Waals surface area contributed by atoms with Crippen molar-refractivity contribution in [2.45, 2.75) is 59.0 Å². The molecular formula is C19H27Cl2OTi. The van der Waals surface area contributed by atoms with Crippen LogP contribution in [0.5, 0.6) is 0 Å². The maximum Gasteiger partial charge on any atom is -1.00 e. The first-order chi connectivity index (χ1) is 9.89. The smallest absolute Gasteiger partial charge is 1.00 e. The number of hydrogen-bond donors (Lipinski definition) is 0. The first kappa shape index (κ1) is 23.2. The molecule has 127 valence electrons. The summed E-state index contributed by atoms with van der Waals surface area (Å²) in [7, 11) is 0. The number of rotatable bonds is 5. The van der Waals surface area contributed by atoms with Crippen molar-refractivity contribution in [3.8, 4) is 0 Å². The van der Waals surface area contributed by atoms with Crippen LogP contribution in [0, 0.1) is 5.41 Å². The Bertz CT molecular complexity index is 512. The van der Waals surface area contributed by atoms with Gasteiger partial charge in [-0.25, -0.2) is 0 Å². The summed E-state index contributed by atoms with van der Waals surface area (Å²) < 4.78 is 7.98. The number of halogens is 2. The Labute approximate surface area is 165 Å². The fourth-order valence-corrected chi connectivity index (χ4v) is 3.75. The van der Waals surface area contributed by atoms with E-state index < -0.39 is 0 Å². The zero-order valence-corrected chi connectivity index (χ0v) is 17.7. The third-order valence-corrected chi connectivity index (χ3v) is 5.05. The molecule has 0 spiro atoms. The minimum absolute atomic E-state index is 0. The molecule has 4 heteroatoms. The molecule has 0 amide bonds. The van der Waals surface area contributed by atoms with Gasteiger partial charge in [-0.2, -0.15) is 0 Å². The van der Waals surface area contributed by atoms with E-state index in [-0.39, 0.29) is 35.8 Å². The van der Waals surface area contributed by atoms with Gasteiger partial charge in [-0.05, 0) is 0 Å². The van der Waals surface area contributed by atoms with Gasteiger partial charge in [0.15, 0.2) is 0 Å². The van der Waals surface area contributed by atoms with Gasteiger partial charge in [0.25, 0.3) is 0 Å². The van der Waals surface area contributed by atoms with Gasteiger partial charge >= 0.3 is 142 Å². The molecule has 2 aliphatic rings. The van der Waals surface area contributed by atoms with E-state index in [1.165, 1.54) is 15.0 Å². The molecule has 1 atom stereocenters. The van der Waals surface area contributed by atoms with Crippen LogP contribution in [0.4, 0.5) is 0 Å². The van der Waals surface area contributed by atoms with Crippen LogP contribution in [0.1, 0.15) is 53.4 Å². The van der Waals surface area contributed by atoms with Crippen molar-refractivity contribution in [2.75, 3.05) is 6.61 Å². The molecule has 0 bridgehead atoms. The van der Waals surface area contributed by atoms with Crippen molar-refractivity contribution in [2.24, 2.45) is 5.41 Å². The molecule has 0 aromatic heterocycles. The Balaban J connectivity index is 0.00000242. The summed E-state index contributed by atoms with van der Waals surface area (Å²) in [5.41, 5.74) is 2.88. The molecule has 0 heterocycles. The minimum atomic E-state index is -0.158. The number of allylic oxidation sites excluding steroid dienone is 5. The standard InChI is InChI=1S/C19H27O.2ClH.Ti/c1-5-14-20-19(15-16-10-6-7-11-16)13-9-8-12-17(19)18(2,3)4;;;/h6,8-10,12H,5,7,13-15H2,1-4H3;2*1H;/q;;;+2/p-2. The average Bonchev–Trinajstić information content (AvgIpc) is 2.81. The topological polar surface area (TPSA) is 9.23 Å². The molecule has 1 nitrogen and oxygen atoms in total. The summed E-state index contributed by atoms with van der Waals surface area (Å²) in [6.07, 6.45) is 15.5. The quantitative estimate of drug-likeness (QED) is 0.562. The van der Waals surface area contributed by atoms with Crippen LogP contribution >= 0.6 is 0 Å². The summed E-state index contributed by atoms with van der Waals surface area (Å²) in [6, 6.07) is 0. The molecule has 0 saturated heterocycles. The fourth-order valence-electron chi connectivity index (χ4n) is 3.29. The second-order valence-electron chi connectivity index (χ2n) is 7.09. The van der Waals surface area contributed by atoms with Gasteiger partial charge in [0.05, 0.1) is 0 Å². The van der Waals surface area contributed by atoms with E-state index in [2.05, 4.69) is 78.5 Å². The summed E-state index contributed by atoms with van der Waals surface area (Å²) in [6.45, 7) is 9.92. The molecule has 2 rings (SSSR count). The van der Waals surface area contributed by atoms with Gasteiger partial charge in [0, 0.05) is 0 Å². The van der Waals surface area contributed by atoms with E-state index >= 15 is 0 Å². The zero-order valence-electron chi connectivity index (χ0n) is 14.6. The van der Waals surface area contributed by atoms with E-state index in [0.29, 0.717) is 0 Å². The molecule has 0 radical (unpaired) electrons. The van der Waals surface area contributed by atoms with E-state index in [1.807, 2.05) is 0 Å². The van der Waals surface area contributed by atoms with Crippen LogP contribution in [0.15, 0.2) is 45.4 Å². The SMILES string of the molecule is CCCOC1(CC2=[C]([Ti+2])CC=C2)CC=CC=C1C(C)(C)C.[Cl-].[Cl-]. The third-order valence-electron chi connectivity index (χ3n) is 4.23. The maximum atomic E-state index is 6.48. The van der Waals surface area contributed by atoms with Gasteiger partial charge in [0.1, 0.15) is 0 Å². The van der Waals surface area contributed by atoms with E-state index in [9.17, 15) is 0 Å². The van der Waals surface area contributed by atoms with Gasteiger partial charge in [-0.15, -0.1) is 0 Å². The van der Waals surface area contributed by atoms with E-state index in [0.717, 1.165) is 32.3 Å². The van der Waals surface area contributed by atoms with Crippen molar-refractivity contribution < 1.29 is 50.0 Å². The van der Waals surface area contributed by atoms with E-state index in [1.54, 1.807) is 0 Å². The largest absolute Gasteiger partial charge is 1.00 e. The third kappa shape index (κ3) is 5.61. The van der Waals surface area contributed by atoms with Crippen LogP contribution in [-0.4, -0.2) is 12.2 Å². The van der Waals surface area contributed by atoms with Crippen molar-refractivity contribution in [3.63, 3.8) is 0 Å². The van der Waals surface area contributed by atoms with Crippen molar-refractivity contribution in [1.82, 2.24) is 0 Å². The summed E-state index contributed by atoms with van der Waals surface area (Å²) in [4.78, 5) is 0. The van der Waals surface area contributed by atoms with Crippen LogP contribution in [0.25, 0.3) is 0 Å². The predicted molar refractivity (Wildman–Crippen MR) is 85.7 cm³/mol. The predicted octanol–water partition coefficient (Wildman–Crippen LogP) is -0.757. The molecule has 0 fully saturated rings.